The number of nitrogens with zero attached hydrogens (tertiary/aromatic N) is 4. The van der Waals surface area contributed by atoms with Crippen LogP contribution in [0.5, 0.6) is 0 Å². The summed E-state index contributed by atoms with van der Waals surface area (Å²) in [5.74, 6) is 0.519. The summed E-state index contributed by atoms with van der Waals surface area (Å²) in [5, 5.41) is 18.3. The van der Waals surface area contributed by atoms with Gasteiger partial charge in [-0.25, -0.2) is 0 Å². The second kappa shape index (κ2) is 6.76. The zero-order valence-electron chi connectivity index (χ0n) is 14.3. The van der Waals surface area contributed by atoms with E-state index in [0.29, 0.717) is 24.6 Å². The van der Waals surface area contributed by atoms with Crippen molar-refractivity contribution in [3.05, 3.63) is 35.3 Å². The molecule has 2 N–H and O–H groups in total. The molecule has 2 aromatic heterocycles. The van der Waals surface area contributed by atoms with Crippen molar-refractivity contribution in [1.29, 1.82) is 0 Å². The van der Waals surface area contributed by atoms with Crippen molar-refractivity contribution < 1.29 is 4.79 Å². The third kappa shape index (κ3) is 4.51. The smallest absolute Gasteiger partial charge is 0.271 e. The van der Waals surface area contributed by atoms with Gasteiger partial charge in [0.1, 0.15) is 11.5 Å². The molecule has 0 fully saturated rings. The van der Waals surface area contributed by atoms with Crippen LogP contribution in [0, 0.1) is 13.8 Å². The van der Waals surface area contributed by atoms with Gasteiger partial charge in [0.2, 0.25) is 0 Å². The topological polar surface area (TPSA) is 84.7 Å². The lowest BCUT2D eigenvalue weighted by Gasteiger charge is -2.21. The van der Waals surface area contributed by atoms with E-state index in [1.807, 2.05) is 30.7 Å². The first-order valence-electron chi connectivity index (χ1n) is 7.67. The molecule has 0 spiro atoms. The number of rotatable bonds is 5. The number of aryl methyl sites for hydroxylation is 2. The zero-order valence-corrected chi connectivity index (χ0v) is 14.3. The van der Waals surface area contributed by atoms with Crippen molar-refractivity contribution in [3.8, 4) is 0 Å². The van der Waals surface area contributed by atoms with Gasteiger partial charge < -0.3 is 10.6 Å². The number of carbonyl (C=O) groups excluding carboxylic acids is 1. The van der Waals surface area contributed by atoms with Gasteiger partial charge in [0, 0.05) is 18.8 Å². The van der Waals surface area contributed by atoms with E-state index in [-0.39, 0.29) is 11.4 Å². The van der Waals surface area contributed by atoms with Crippen LogP contribution in [0.1, 0.15) is 42.6 Å². The number of aromatic nitrogens is 4. The number of anilines is 1. The maximum Gasteiger partial charge on any atom is 0.271 e. The molecule has 0 bridgehead atoms. The van der Waals surface area contributed by atoms with Gasteiger partial charge in [0.05, 0.1) is 11.2 Å². The van der Waals surface area contributed by atoms with E-state index in [0.717, 1.165) is 11.4 Å². The minimum atomic E-state index is -0.173. The Balaban J connectivity index is 1.84. The van der Waals surface area contributed by atoms with E-state index < -0.39 is 0 Å². The molecule has 0 aliphatic heterocycles. The van der Waals surface area contributed by atoms with Crippen molar-refractivity contribution in [2.45, 2.75) is 40.2 Å². The molecule has 0 saturated carbocycles. The Bertz CT molecular complexity index is 669. The van der Waals surface area contributed by atoms with Crippen LogP contribution in [-0.2, 0) is 5.54 Å². The highest BCUT2D eigenvalue weighted by Crippen LogP contribution is 2.16. The number of amides is 1. The number of hydrogen-bond donors (Lipinski definition) is 2. The second-order valence-electron chi connectivity index (χ2n) is 6.50. The predicted octanol–water partition coefficient (Wildman–Crippen LogP) is 1.89. The Morgan fingerprint density at radius 1 is 1.17 bits per heavy atom. The molecule has 23 heavy (non-hydrogen) atoms. The molecule has 2 rings (SSSR count). The zero-order chi connectivity index (χ0) is 17.0. The van der Waals surface area contributed by atoms with E-state index in [1.165, 1.54) is 0 Å². The van der Waals surface area contributed by atoms with Crippen molar-refractivity contribution >= 4 is 11.7 Å². The molecule has 7 nitrogen and oxygen atoms in total. The largest absolute Gasteiger partial charge is 0.367 e. The number of hydrogen-bond acceptors (Lipinski definition) is 5. The van der Waals surface area contributed by atoms with Crippen molar-refractivity contribution in [1.82, 2.24) is 25.3 Å². The van der Waals surface area contributed by atoms with E-state index in [4.69, 9.17) is 0 Å². The van der Waals surface area contributed by atoms with Gasteiger partial charge in [-0.1, -0.05) is 0 Å². The minimum Gasteiger partial charge on any atom is -0.367 e. The lowest BCUT2D eigenvalue weighted by molar-refractivity contribution is 0.0948. The molecule has 0 aromatic carbocycles. The fourth-order valence-corrected chi connectivity index (χ4v) is 2.21. The Morgan fingerprint density at radius 3 is 2.48 bits per heavy atom. The molecule has 0 aliphatic rings. The highest BCUT2D eigenvalue weighted by Gasteiger charge is 2.19. The van der Waals surface area contributed by atoms with Crippen LogP contribution in [0.15, 0.2) is 18.2 Å². The molecule has 2 heterocycles. The molecule has 7 heteroatoms. The number of nitrogens with one attached hydrogen (secondary N) is 2. The summed E-state index contributed by atoms with van der Waals surface area (Å²) in [7, 11) is 0. The van der Waals surface area contributed by atoms with Crippen LogP contribution in [0.2, 0.25) is 0 Å². The molecule has 0 atom stereocenters. The molecular weight excluding hydrogens is 292 g/mol. The van der Waals surface area contributed by atoms with Gasteiger partial charge in [-0.2, -0.15) is 10.2 Å². The second-order valence-corrected chi connectivity index (χ2v) is 6.50. The monoisotopic (exact) mass is 316 g/mol. The Kier molecular flexibility index (Phi) is 4.98. The normalized spacial score (nSPS) is 11.3. The first kappa shape index (κ1) is 16.9. The Labute approximate surface area is 136 Å². The van der Waals surface area contributed by atoms with Crippen LogP contribution in [0.4, 0.5) is 5.82 Å². The van der Waals surface area contributed by atoms with Crippen LogP contribution < -0.4 is 10.6 Å². The van der Waals surface area contributed by atoms with Gasteiger partial charge in [-0.05, 0) is 52.8 Å². The summed E-state index contributed by atoms with van der Waals surface area (Å²) in [5.41, 5.74) is 2.13. The van der Waals surface area contributed by atoms with Crippen molar-refractivity contribution in [3.63, 3.8) is 0 Å². The van der Waals surface area contributed by atoms with Gasteiger partial charge in [-0.3, -0.25) is 9.48 Å². The molecule has 0 saturated heterocycles. The van der Waals surface area contributed by atoms with Gasteiger partial charge in [-0.15, -0.1) is 5.10 Å². The molecule has 0 radical (unpaired) electrons. The standard InChI is InChI=1S/C16H24N6O/c1-11-6-7-14(20-19-11)17-8-9-18-15(23)13-10-12(2)22(21-13)16(3,4)5/h6-7,10H,8-9H2,1-5H3,(H,17,20)(H,18,23). The molecule has 1 amide bonds. The number of carbonyl (C=O) groups is 1. The average molecular weight is 316 g/mol. The van der Waals surface area contributed by atoms with Crippen LogP contribution in [0.25, 0.3) is 0 Å². The van der Waals surface area contributed by atoms with E-state index in [9.17, 15) is 4.79 Å². The van der Waals surface area contributed by atoms with Crippen molar-refractivity contribution in [2.75, 3.05) is 18.4 Å². The van der Waals surface area contributed by atoms with Gasteiger partial charge in [0.15, 0.2) is 0 Å². The molecular formula is C16H24N6O. The first-order valence-corrected chi connectivity index (χ1v) is 7.67. The van der Waals surface area contributed by atoms with Crippen LogP contribution >= 0.6 is 0 Å². The Morgan fingerprint density at radius 2 is 1.91 bits per heavy atom. The molecule has 0 aliphatic carbocycles. The molecule has 124 valence electrons. The quantitative estimate of drug-likeness (QED) is 0.823. The summed E-state index contributed by atoms with van der Waals surface area (Å²) in [6.07, 6.45) is 0. The summed E-state index contributed by atoms with van der Waals surface area (Å²) in [6.45, 7) is 11.1. The average Bonchev–Trinajstić information content (AvgIpc) is 2.87. The van der Waals surface area contributed by atoms with E-state index >= 15 is 0 Å². The summed E-state index contributed by atoms with van der Waals surface area (Å²) in [4.78, 5) is 12.2. The highest BCUT2D eigenvalue weighted by atomic mass is 16.1. The first-order chi connectivity index (χ1) is 10.8. The molecule has 0 unspecified atom stereocenters. The SMILES string of the molecule is Cc1ccc(NCCNC(=O)c2cc(C)n(C(C)(C)C)n2)nn1. The van der Waals surface area contributed by atoms with E-state index in [2.05, 4.69) is 46.7 Å². The maximum absolute atomic E-state index is 12.2. The lowest BCUT2D eigenvalue weighted by atomic mass is 10.1. The maximum atomic E-state index is 12.2. The molecule has 2 aromatic rings. The lowest BCUT2D eigenvalue weighted by Crippen LogP contribution is -2.30. The fourth-order valence-electron chi connectivity index (χ4n) is 2.21. The van der Waals surface area contributed by atoms with E-state index in [1.54, 1.807) is 6.07 Å². The fraction of sp³-hybridized carbons (Fsp3) is 0.500. The van der Waals surface area contributed by atoms with Gasteiger partial charge >= 0.3 is 0 Å². The third-order valence-electron chi connectivity index (χ3n) is 3.27. The highest BCUT2D eigenvalue weighted by molar-refractivity contribution is 5.92. The Hall–Kier alpha value is -2.44. The predicted molar refractivity (Wildman–Crippen MR) is 89.6 cm³/mol. The van der Waals surface area contributed by atoms with Crippen LogP contribution in [-0.4, -0.2) is 39.0 Å². The van der Waals surface area contributed by atoms with Crippen molar-refractivity contribution in [2.24, 2.45) is 0 Å². The summed E-state index contributed by atoms with van der Waals surface area (Å²) >= 11 is 0. The minimum absolute atomic E-state index is 0.145. The summed E-state index contributed by atoms with van der Waals surface area (Å²) < 4.78 is 1.86. The van der Waals surface area contributed by atoms with Crippen LogP contribution in [0.3, 0.4) is 0 Å². The third-order valence-corrected chi connectivity index (χ3v) is 3.27. The van der Waals surface area contributed by atoms with Gasteiger partial charge in [0.25, 0.3) is 5.91 Å². The summed E-state index contributed by atoms with van der Waals surface area (Å²) in [6, 6.07) is 5.55.